The Labute approximate surface area is 239 Å². The van der Waals surface area contributed by atoms with E-state index in [9.17, 15) is 9.59 Å². The highest BCUT2D eigenvalue weighted by atomic mass is 28.4. The SMILES string of the molecule is COC(=O)[C@@]1(C)CC[C@H](CO[Si](c2ccccc2)(c2ccccc2)C(C)(C)C)N(C(=O)OCc2ccccc2)C1. The Kier molecular flexibility index (Phi) is 9.16. The summed E-state index contributed by atoms with van der Waals surface area (Å²) in [6.07, 6.45) is 0.746. The van der Waals surface area contributed by atoms with Crippen molar-refractivity contribution in [2.75, 3.05) is 20.3 Å². The number of carbonyl (C=O) groups excluding carboxylic acids is 2. The number of methoxy groups -OCH3 is 1. The van der Waals surface area contributed by atoms with E-state index in [0.29, 0.717) is 19.4 Å². The fourth-order valence-corrected chi connectivity index (χ4v) is 10.4. The van der Waals surface area contributed by atoms with E-state index in [1.165, 1.54) is 17.5 Å². The third-order valence-corrected chi connectivity index (χ3v) is 13.0. The molecule has 4 rings (SSSR count). The number of benzene rings is 3. The molecule has 1 aliphatic rings. The van der Waals surface area contributed by atoms with Crippen molar-refractivity contribution in [1.29, 1.82) is 0 Å². The van der Waals surface area contributed by atoms with E-state index in [0.717, 1.165) is 5.56 Å². The number of hydrogen-bond donors (Lipinski definition) is 0. The average Bonchev–Trinajstić information content (AvgIpc) is 2.97. The minimum Gasteiger partial charge on any atom is -0.469 e. The minimum absolute atomic E-state index is 0.160. The second-order valence-electron chi connectivity index (χ2n) is 11.9. The first kappa shape index (κ1) is 29.6. The average molecular weight is 560 g/mol. The van der Waals surface area contributed by atoms with E-state index in [1.54, 1.807) is 4.90 Å². The van der Waals surface area contributed by atoms with Gasteiger partial charge in [-0.25, -0.2) is 4.79 Å². The van der Waals surface area contributed by atoms with E-state index in [1.807, 2.05) is 49.4 Å². The molecule has 0 bridgehead atoms. The van der Waals surface area contributed by atoms with Crippen LogP contribution in [-0.4, -0.2) is 51.6 Å². The van der Waals surface area contributed by atoms with Crippen molar-refractivity contribution in [1.82, 2.24) is 4.90 Å². The van der Waals surface area contributed by atoms with Crippen LogP contribution >= 0.6 is 0 Å². The summed E-state index contributed by atoms with van der Waals surface area (Å²) in [6, 6.07) is 30.3. The molecule has 3 aromatic rings. The number of likely N-dealkylation sites (tertiary alicyclic amines) is 1. The Bertz CT molecular complexity index is 1220. The Morgan fingerprint density at radius 3 is 1.93 bits per heavy atom. The molecule has 0 unspecified atom stereocenters. The molecule has 0 N–H and O–H groups in total. The van der Waals surface area contributed by atoms with Gasteiger partial charge >= 0.3 is 12.1 Å². The first-order valence-corrected chi connectivity index (χ1v) is 15.8. The van der Waals surface area contributed by atoms with Crippen molar-refractivity contribution in [3.8, 4) is 0 Å². The molecule has 212 valence electrons. The lowest BCUT2D eigenvalue weighted by Gasteiger charge is -2.47. The summed E-state index contributed by atoms with van der Waals surface area (Å²) in [5.41, 5.74) is 0.0951. The summed E-state index contributed by atoms with van der Waals surface area (Å²) in [5, 5.41) is 2.17. The maximum absolute atomic E-state index is 13.5. The van der Waals surface area contributed by atoms with Gasteiger partial charge in [0, 0.05) is 6.54 Å². The molecule has 1 saturated heterocycles. The molecule has 0 radical (unpaired) electrons. The van der Waals surface area contributed by atoms with Gasteiger partial charge in [-0.15, -0.1) is 0 Å². The predicted octanol–water partition coefficient (Wildman–Crippen LogP) is 5.54. The molecule has 7 heteroatoms. The molecule has 0 spiro atoms. The van der Waals surface area contributed by atoms with Gasteiger partial charge in [-0.3, -0.25) is 4.79 Å². The van der Waals surface area contributed by atoms with Crippen molar-refractivity contribution >= 4 is 30.8 Å². The van der Waals surface area contributed by atoms with Crippen molar-refractivity contribution < 1.29 is 23.5 Å². The van der Waals surface area contributed by atoms with Crippen molar-refractivity contribution in [3.05, 3.63) is 96.6 Å². The van der Waals surface area contributed by atoms with Gasteiger partial charge in [-0.2, -0.15) is 0 Å². The fraction of sp³-hybridized carbons (Fsp3) is 0.394. The molecule has 1 heterocycles. The van der Waals surface area contributed by atoms with Gasteiger partial charge in [0.15, 0.2) is 0 Å². The van der Waals surface area contributed by atoms with Crippen molar-refractivity contribution in [3.63, 3.8) is 0 Å². The highest BCUT2D eigenvalue weighted by molar-refractivity contribution is 6.99. The van der Waals surface area contributed by atoms with Crippen molar-refractivity contribution in [2.24, 2.45) is 5.41 Å². The Balaban J connectivity index is 1.65. The summed E-state index contributed by atoms with van der Waals surface area (Å²) >= 11 is 0. The van der Waals surface area contributed by atoms with E-state index in [2.05, 4.69) is 69.3 Å². The number of nitrogens with zero attached hydrogens (tertiary/aromatic N) is 1. The van der Waals surface area contributed by atoms with E-state index in [4.69, 9.17) is 13.9 Å². The zero-order valence-corrected chi connectivity index (χ0v) is 25.3. The number of hydrogen-bond acceptors (Lipinski definition) is 5. The summed E-state index contributed by atoms with van der Waals surface area (Å²) in [5.74, 6) is -0.320. The van der Waals surface area contributed by atoms with E-state index < -0.39 is 19.8 Å². The quantitative estimate of drug-likeness (QED) is 0.268. The van der Waals surface area contributed by atoms with E-state index >= 15 is 0 Å². The summed E-state index contributed by atoms with van der Waals surface area (Å²) in [6.45, 7) is 9.27. The molecule has 0 saturated carbocycles. The molecule has 2 atom stereocenters. The zero-order valence-electron chi connectivity index (χ0n) is 24.3. The van der Waals surface area contributed by atoms with Crippen LogP contribution < -0.4 is 10.4 Å². The summed E-state index contributed by atoms with van der Waals surface area (Å²) in [4.78, 5) is 28.0. The Morgan fingerprint density at radius 1 is 0.900 bits per heavy atom. The zero-order chi connectivity index (χ0) is 28.8. The third kappa shape index (κ3) is 6.16. The summed E-state index contributed by atoms with van der Waals surface area (Å²) in [7, 11) is -1.41. The van der Waals surface area contributed by atoms with Gasteiger partial charge in [-0.1, -0.05) is 112 Å². The molecule has 0 aromatic heterocycles. The number of piperidine rings is 1. The second kappa shape index (κ2) is 12.4. The van der Waals surface area contributed by atoms with Gasteiger partial charge in [0.2, 0.25) is 0 Å². The molecular formula is C33H41NO5Si. The standard InChI is InChI=1S/C33H41NO5Si/c1-32(2,3)40(28-17-11-7-12-18-28,29-19-13-8-14-20-29)39-24-27-21-22-33(4,30(35)37-5)25-34(27)31(36)38-23-26-15-9-6-10-16-26/h6-20,27H,21-25H2,1-5H3/t27-,33+/m1/s1. The minimum atomic E-state index is -2.80. The number of amides is 1. The number of carbonyl (C=O) groups is 2. The number of esters is 1. The van der Waals surface area contributed by atoms with Gasteiger partial charge in [0.05, 0.1) is 25.2 Å². The molecule has 1 amide bonds. The van der Waals surface area contributed by atoms with Crippen LogP contribution in [0.4, 0.5) is 4.79 Å². The largest absolute Gasteiger partial charge is 0.469 e. The molecule has 1 aliphatic heterocycles. The summed E-state index contributed by atoms with van der Waals surface area (Å²) < 4.78 is 18.1. The lowest BCUT2D eigenvalue weighted by molar-refractivity contribution is -0.155. The Hall–Kier alpha value is -3.42. The molecule has 6 nitrogen and oxygen atoms in total. The van der Waals surface area contributed by atoms with Crippen LogP contribution in [0.1, 0.15) is 46.1 Å². The topological polar surface area (TPSA) is 65.1 Å². The normalized spacial score (nSPS) is 19.6. The van der Waals surface area contributed by atoms with Crippen LogP contribution in [0.3, 0.4) is 0 Å². The van der Waals surface area contributed by atoms with Crippen LogP contribution in [0, 0.1) is 5.41 Å². The van der Waals surface area contributed by atoms with Crippen LogP contribution in [0.2, 0.25) is 5.04 Å². The third-order valence-electron chi connectivity index (χ3n) is 8.02. The monoisotopic (exact) mass is 559 g/mol. The van der Waals surface area contributed by atoms with Crippen LogP contribution in [0.15, 0.2) is 91.0 Å². The van der Waals surface area contributed by atoms with Crippen LogP contribution in [0.5, 0.6) is 0 Å². The van der Waals surface area contributed by atoms with Gasteiger partial charge in [0.1, 0.15) is 6.61 Å². The highest BCUT2D eigenvalue weighted by Crippen LogP contribution is 2.39. The molecular weight excluding hydrogens is 518 g/mol. The van der Waals surface area contributed by atoms with Gasteiger partial charge in [0.25, 0.3) is 8.32 Å². The maximum Gasteiger partial charge on any atom is 0.410 e. The van der Waals surface area contributed by atoms with E-state index in [-0.39, 0.29) is 30.2 Å². The molecule has 1 fully saturated rings. The number of rotatable bonds is 8. The Morgan fingerprint density at radius 2 is 1.43 bits per heavy atom. The predicted molar refractivity (Wildman–Crippen MR) is 160 cm³/mol. The molecule has 0 aliphatic carbocycles. The lowest BCUT2D eigenvalue weighted by atomic mass is 9.79. The molecule has 3 aromatic carbocycles. The van der Waals surface area contributed by atoms with Crippen LogP contribution in [-0.2, 0) is 25.3 Å². The lowest BCUT2D eigenvalue weighted by Crippen LogP contribution is -2.68. The first-order valence-electron chi connectivity index (χ1n) is 13.9. The number of ether oxygens (including phenoxy) is 2. The molecule has 40 heavy (non-hydrogen) atoms. The second-order valence-corrected chi connectivity index (χ2v) is 16.2. The smallest absolute Gasteiger partial charge is 0.410 e. The van der Waals surface area contributed by atoms with Gasteiger partial charge < -0.3 is 18.8 Å². The highest BCUT2D eigenvalue weighted by Gasteiger charge is 2.52. The van der Waals surface area contributed by atoms with Crippen molar-refractivity contribution in [2.45, 2.75) is 58.2 Å². The maximum atomic E-state index is 13.5. The van der Waals surface area contributed by atoms with Gasteiger partial charge in [-0.05, 0) is 40.7 Å². The fourth-order valence-electron chi connectivity index (χ4n) is 5.81. The first-order chi connectivity index (χ1) is 19.1. The van der Waals surface area contributed by atoms with Crippen LogP contribution in [0.25, 0.3) is 0 Å².